The number of pyridine rings is 1. The molecule has 3 aromatic rings. The Kier molecular flexibility index (Phi) is 4.98. The summed E-state index contributed by atoms with van der Waals surface area (Å²) >= 11 is 0. The molecular formula is C29H31N3O2. The second-order valence-corrected chi connectivity index (χ2v) is 10.5. The molecule has 0 radical (unpaired) electrons. The number of fused-ring (bicyclic) bond motifs is 2. The summed E-state index contributed by atoms with van der Waals surface area (Å²) in [6, 6.07) is 20.6. The maximum Gasteiger partial charge on any atom is 0.273 e. The Labute approximate surface area is 200 Å². The van der Waals surface area contributed by atoms with E-state index in [9.17, 15) is 9.59 Å². The van der Waals surface area contributed by atoms with Crippen LogP contribution in [0.25, 0.3) is 10.8 Å². The minimum atomic E-state index is -0.0813. The summed E-state index contributed by atoms with van der Waals surface area (Å²) < 4.78 is 0. The van der Waals surface area contributed by atoms with Crippen molar-refractivity contribution in [1.82, 2.24) is 14.8 Å². The molecule has 2 bridgehead atoms. The summed E-state index contributed by atoms with van der Waals surface area (Å²) in [5, 5.41) is 1.92. The minimum absolute atomic E-state index is 0.00436. The number of rotatable bonds is 3. The molecule has 0 unspecified atom stereocenters. The van der Waals surface area contributed by atoms with Gasteiger partial charge in [0.25, 0.3) is 5.91 Å². The van der Waals surface area contributed by atoms with E-state index in [0.717, 1.165) is 42.9 Å². The van der Waals surface area contributed by atoms with E-state index < -0.39 is 0 Å². The lowest BCUT2D eigenvalue weighted by Gasteiger charge is -2.53. The molecule has 2 saturated heterocycles. The van der Waals surface area contributed by atoms with Crippen molar-refractivity contribution in [3.8, 4) is 0 Å². The highest BCUT2D eigenvalue weighted by atomic mass is 16.2. The number of aromatic nitrogens is 1. The van der Waals surface area contributed by atoms with Crippen LogP contribution in [-0.2, 0) is 11.2 Å². The molecule has 3 aliphatic rings. The van der Waals surface area contributed by atoms with Crippen molar-refractivity contribution in [1.29, 1.82) is 0 Å². The number of likely N-dealkylation sites (tertiary alicyclic amines) is 2. The SMILES string of the molecule is CC(=O)N1[C@H]2CCC[C@H]3N(C(=O)c4nccc5ccccc45)[C@H](Cc4ccccc4)[C@@H]1C[C@@]23C. The zero-order valence-electron chi connectivity index (χ0n) is 19.9. The predicted octanol–water partition coefficient (Wildman–Crippen LogP) is 4.85. The predicted molar refractivity (Wildman–Crippen MR) is 132 cm³/mol. The van der Waals surface area contributed by atoms with Crippen LogP contribution in [0.1, 0.15) is 55.6 Å². The second-order valence-electron chi connectivity index (χ2n) is 10.5. The first-order chi connectivity index (χ1) is 16.5. The molecular weight excluding hydrogens is 422 g/mol. The highest BCUT2D eigenvalue weighted by Crippen LogP contribution is 2.56. The van der Waals surface area contributed by atoms with Crippen LogP contribution in [0, 0.1) is 5.41 Å². The topological polar surface area (TPSA) is 53.5 Å². The average Bonchev–Trinajstić information content (AvgIpc) is 3.16. The Morgan fingerprint density at radius 2 is 1.68 bits per heavy atom. The van der Waals surface area contributed by atoms with Gasteiger partial charge in [0.15, 0.2) is 0 Å². The monoisotopic (exact) mass is 453 g/mol. The van der Waals surface area contributed by atoms with E-state index in [0.29, 0.717) is 5.69 Å². The number of nitrogens with zero attached hydrogens (tertiary/aromatic N) is 3. The van der Waals surface area contributed by atoms with Crippen LogP contribution in [0.4, 0.5) is 0 Å². The average molecular weight is 454 g/mol. The van der Waals surface area contributed by atoms with Crippen LogP contribution in [0.15, 0.2) is 66.9 Å². The third kappa shape index (κ3) is 3.09. The van der Waals surface area contributed by atoms with Gasteiger partial charge < -0.3 is 9.80 Å². The molecule has 1 saturated carbocycles. The van der Waals surface area contributed by atoms with Crippen LogP contribution in [0.2, 0.25) is 0 Å². The Bertz CT molecular complexity index is 1250. The zero-order chi connectivity index (χ0) is 23.4. The van der Waals surface area contributed by atoms with Gasteiger partial charge in [0, 0.05) is 36.0 Å². The zero-order valence-corrected chi connectivity index (χ0v) is 19.9. The smallest absolute Gasteiger partial charge is 0.273 e. The Morgan fingerprint density at radius 3 is 2.44 bits per heavy atom. The number of amides is 2. The fraction of sp³-hybridized carbons (Fsp3) is 0.414. The first-order valence-corrected chi connectivity index (χ1v) is 12.5. The Hall–Kier alpha value is -3.21. The third-order valence-electron chi connectivity index (χ3n) is 8.72. The first-order valence-electron chi connectivity index (χ1n) is 12.5. The fourth-order valence-corrected chi connectivity index (χ4v) is 7.34. The van der Waals surface area contributed by atoms with E-state index in [1.165, 1.54) is 5.56 Å². The van der Waals surface area contributed by atoms with Crippen molar-refractivity contribution >= 4 is 22.6 Å². The van der Waals surface area contributed by atoms with Crippen LogP contribution in [0.5, 0.6) is 0 Å². The lowest BCUT2D eigenvalue weighted by molar-refractivity contribution is -0.133. The minimum Gasteiger partial charge on any atom is -0.334 e. The number of carbonyl (C=O) groups is 2. The largest absolute Gasteiger partial charge is 0.334 e. The van der Waals surface area contributed by atoms with E-state index in [2.05, 4.69) is 46.0 Å². The summed E-state index contributed by atoms with van der Waals surface area (Å²) in [6.45, 7) is 4.01. The maximum atomic E-state index is 14.4. The van der Waals surface area contributed by atoms with Gasteiger partial charge in [0.05, 0.1) is 12.1 Å². The van der Waals surface area contributed by atoms with Crippen molar-refractivity contribution in [3.63, 3.8) is 0 Å². The highest BCUT2D eigenvalue weighted by Gasteiger charge is 2.64. The molecule has 0 spiro atoms. The van der Waals surface area contributed by atoms with Crippen LogP contribution in [-0.4, -0.2) is 50.8 Å². The van der Waals surface area contributed by atoms with Crippen molar-refractivity contribution in [2.45, 2.75) is 70.1 Å². The lowest BCUT2D eigenvalue weighted by atomic mass is 9.64. The van der Waals surface area contributed by atoms with E-state index >= 15 is 0 Å². The van der Waals surface area contributed by atoms with Crippen LogP contribution >= 0.6 is 0 Å². The van der Waals surface area contributed by atoms with Crippen molar-refractivity contribution in [2.75, 3.05) is 0 Å². The van der Waals surface area contributed by atoms with Gasteiger partial charge in [-0.3, -0.25) is 14.6 Å². The molecule has 5 atom stereocenters. The molecule has 2 aliphatic heterocycles. The number of hydrogen-bond acceptors (Lipinski definition) is 3. The maximum absolute atomic E-state index is 14.4. The molecule has 1 aliphatic carbocycles. The molecule has 1 aromatic heterocycles. The molecule has 2 aromatic carbocycles. The Balaban J connectivity index is 1.50. The molecule has 6 rings (SSSR count). The number of piperidine rings is 1. The molecule has 3 fully saturated rings. The van der Waals surface area contributed by atoms with Gasteiger partial charge in [-0.05, 0) is 49.1 Å². The molecule has 34 heavy (non-hydrogen) atoms. The molecule has 5 heteroatoms. The second kappa shape index (κ2) is 7.93. The molecule has 0 N–H and O–H groups in total. The van der Waals surface area contributed by atoms with E-state index in [4.69, 9.17) is 0 Å². The van der Waals surface area contributed by atoms with Gasteiger partial charge in [0.1, 0.15) is 5.69 Å². The fourth-order valence-electron chi connectivity index (χ4n) is 7.34. The Morgan fingerprint density at radius 1 is 0.971 bits per heavy atom. The van der Waals surface area contributed by atoms with Gasteiger partial charge in [-0.2, -0.15) is 0 Å². The van der Waals surface area contributed by atoms with Gasteiger partial charge in [-0.25, -0.2) is 0 Å². The lowest BCUT2D eigenvalue weighted by Crippen LogP contribution is -2.62. The number of hydrogen-bond donors (Lipinski definition) is 0. The third-order valence-corrected chi connectivity index (χ3v) is 8.72. The standard InChI is InChI=1S/C29H31N3O2/c1-19(33)31-24-18-29(2)25(31)13-8-14-26(29)32(23(24)17-20-9-4-3-5-10-20)28(34)27-22-12-7-6-11-21(22)15-16-30-27/h3-7,9-12,15-16,23-26H,8,13-14,17-18H2,1-2H3/t23-,24+,25+,26-,29+/m1/s1. The van der Waals surface area contributed by atoms with Crippen LogP contribution in [0.3, 0.4) is 0 Å². The quantitative estimate of drug-likeness (QED) is 0.570. The molecule has 3 heterocycles. The van der Waals surface area contributed by atoms with E-state index in [-0.39, 0.29) is 41.4 Å². The van der Waals surface area contributed by atoms with Gasteiger partial charge in [-0.1, -0.05) is 61.5 Å². The molecule has 2 amide bonds. The summed E-state index contributed by atoms with van der Waals surface area (Å²) in [5.41, 5.74) is 1.64. The summed E-state index contributed by atoms with van der Waals surface area (Å²) in [6.07, 6.45) is 6.49. The summed E-state index contributed by atoms with van der Waals surface area (Å²) in [5.74, 6) is 0.139. The van der Waals surface area contributed by atoms with Gasteiger partial charge in [-0.15, -0.1) is 0 Å². The van der Waals surface area contributed by atoms with E-state index in [1.807, 2.05) is 36.4 Å². The number of carbonyl (C=O) groups excluding carboxylic acids is 2. The van der Waals surface area contributed by atoms with Crippen LogP contribution < -0.4 is 0 Å². The molecule has 5 nitrogen and oxygen atoms in total. The van der Waals surface area contributed by atoms with Crippen molar-refractivity contribution in [2.24, 2.45) is 5.41 Å². The normalized spacial score (nSPS) is 29.9. The van der Waals surface area contributed by atoms with Crippen molar-refractivity contribution in [3.05, 3.63) is 78.1 Å². The summed E-state index contributed by atoms with van der Waals surface area (Å²) in [4.78, 5) is 36.3. The van der Waals surface area contributed by atoms with E-state index in [1.54, 1.807) is 13.1 Å². The van der Waals surface area contributed by atoms with Gasteiger partial charge in [0.2, 0.25) is 5.91 Å². The summed E-state index contributed by atoms with van der Waals surface area (Å²) in [7, 11) is 0. The number of benzene rings is 2. The highest BCUT2D eigenvalue weighted by molar-refractivity contribution is 6.05. The first kappa shape index (κ1) is 21.3. The molecule has 174 valence electrons. The van der Waals surface area contributed by atoms with Crippen molar-refractivity contribution < 1.29 is 9.59 Å². The van der Waals surface area contributed by atoms with Gasteiger partial charge >= 0.3 is 0 Å².